The highest BCUT2D eigenvalue weighted by molar-refractivity contribution is 7.98. The van der Waals surface area contributed by atoms with Crippen molar-refractivity contribution in [2.45, 2.75) is 30.2 Å². The maximum Gasteiger partial charge on any atom is 0.279 e. The Kier molecular flexibility index (Phi) is 5.48. The third kappa shape index (κ3) is 4.22. The van der Waals surface area contributed by atoms with Gasteiger partial charge in [-0.1, -0.05) is 42.1 Å². The van der Waals surface area contributed by atoms with Crippen molar-refractivity contribution in [1.82, 2.24) is 15.8 Å². The number of amides is 2. The molecule has 0 saturated carbocycles. The summed E-state index contributed by atoms with van der Waals surface area (Å²) in [5, 5.41) is 0.551. The summed E-state index contributed by atoms with van der Waals surface area (Å²) in [6.45, 7) is 0. The molecule has 2 heterocycles. The van der Waals surface area contributed by atoms with E-state index in [1.54, 1.807) is 12.1 Å². The van der Waals surface area contributed by atoms with Gasteiger partial charge in [0.05, 0.1) is 4.88 Å². The summed E-state index contributed by atoms with van der Waals surface area (Å²) in [5.41, 5.74) is 9.20. The van der Waals surface area contributed by atoms with E-state index in [9.17, 15) is 9.59 Å². The average Bonchev–Trinajstić information content (AvgIpc) is 3.50. The Morgan fingerprint density at radius 3 is 2.71 bits per heavy atom. The zero-order chi connectivity index (χ0) is 21.2. The molecule has 2 aromatic carbocycles. The van der Waals surface area contributed by atoms with Crippen molar-refractivity contribution in [3.63, 3.8) is 0 Å². The third-order valence-corrected chi connectivity index (χ3v) is 7.26. The number of carbonyl (C=O) groups is 2. The molecule has 2 amide bonds. The second-order valence-corrected chi connectivity index (χ2v) is 9.28. The Hall–Kier alpha value is -3.10. The zero-order valence-corrected chi connectivity index (χ0v) is 18.1. The van der Waals surface area contributed by atoms with Gasteiger partial charge in [0, 0.05) is 16.2 Å². The molecule has 6 nitrogen and oxygen atoms in total. The first-order valence-corrected chi connectivity index (χ1v) is 11.8. The molecule has 1 aliphatic rings. The van der Waals surface area contributed by atoms with Gasteiger partial charge in [-0.05, 0) is 54.7 Å². The molecule has 1 aliphatic carbocycles. The van der Waals surface area contributed by atoms with E-state index in [1.807, 2.05) is 42.5 Å². The van der Waals surface area contributed by atoms with Gasteiger partial charge in [-0.15, -0.1) is 11.3 Å². The predicted molar refractivity (Wildman–Crippen MR) is 121 cm³/mol. The first kappa shape index (κ1) is 19.8. The average molecular weight is 450 g/mol. The molecule has 0 radical (unpaired) electrons. The molecule has 4 aromatic rings. The largest absolute Gasteiger partial charge is 0.431 e. The summed E-state index contributed by atoms with van der Waals surface area (Å²) in [7, 11) is 0. The molecule has 5 rings (SSSR count). The number of aromatic nitrogens is 1. The molecular weight excluding hydrogens is 430 g/mol. The molecule has 0 saturated heterocycles. The van der Waals surface area contributed by atoms with Gasteiger partial charge in [-0.25, -0.2) is 4.98 Å². The van der Waals surface area contributed by atoms with E-state index in [0.29, 0.717) is 21.4 Å². The summed E-state index contributed by atoms with van der Waals surface area (Å²) in [5.74, 6) is -0.126. The second-order valence-electron chi connectivity index (χ2n) is 7.21. The number of rotatable bonds is 5. The number of fused-ring (bicyclic) bond motifs is 2. The molecule has 0 fully saturated rings. The molecule has 0 bridgehead atoms. The number of para-hydroxylation sites is 2. The van der Waals surface area contributed by atoms with Gasteiger partial charge in [-0.2, -0.15) is 0 Å². The van der Waals surface area contributed by atoms with E-state index < -0.39 is 0 Å². The Labute approximate surface area is 187 Å². The fourth-order valence-corrected chi connectivity index (χ4v) is 5.59. The van der Waals surface area contributed by atoms with E-state index in [4.69, 9.17) is 4.42 Å². The Balaban J connectivity index is 1.23. The standard InChI is InChI=1S/C23H19N3O3S2/c27-21(25-26-22(28)20-12-14-7-5-11-19(14)31-20)16-8-2-1-6-15(16)13-30-23-24-17-9-3-4-10-18(17)29-23/h1-4,6,8-10,12H,5,7,11,13H2,(H,25,27)(H,26,28). The zero-order valence-electron chi connectivity index (χ0n) is 16.5. The number of nitrogens with zero attached hydrogens (tertiary/aromatic N) is 1. The molecule has 0 unspecified atom stereocenters. The summed E-state index contributed by atoms with van der Waals surface area (Å²) >= 11 is 2.93. The fraction of sp³-hybridized carbons (Fsp3) is 0.174. The lowest BCUT2D eigenvalue weighted by molar-refractivity contribution is 0.0848. The number of benzene rings is 2. The van der Waals surface area contributed by atoms with Crippen LogP contribution in [0.3, 0.4) is 0 Å². The molecule has 0 spiro atoms. The van der Waals surface area contributed by atoms with E-state index in [0.717, 1.165) is 35.9 Å². The first-order valence-electron chi connectivity index (χ1n) is 9.96. The molecule has 156 valence electrons. The first-order chi connectivity index (χ1) is 15.2. The molecule has 8 heteroatoms. The van der Waals surface area contributed by atoms with E-state index in [-0.39, 0.29) is 11.8 Å². The van der Waals surface area contributed by atoms with Crippen LogP contribution < -0.4 is 10.9 Å². The van der Waals surface area contributed by atoms with Gasteiger partial charge in [0.1, 0.15) is 5.52 Å². The minimum Gasteiger partial charge on any atom is -0.431 e. The molecule has 2 N–H and O–H groups in total. The minimum atomic E-state index is -0.355. The van der Waals surface area contributed by atoms with Crippen LogP contribution in [-0.4, -0.2) is 16.8 Å². The molecule has 0 aliphatic heterocycles. The Morgan fingerprint density at radius 1 is 1.03 bits per heavy atom. The number of thiophene rings is 1. The number of hydrazine groups is 1. The van der Waals surface area contributed by atoms with Gasteiger partial charge in [-0.3, -0.25) is 20.4 Å². The lowest BCUT2D eigenvalue weighted by Gasteiger charge is -2.10. The second kappa shape index (κ2) is 8.56. The smallest absolute Gasteiger partial charge is 0.279 e. The molecule has 2 aromatic heterocycles. The van der Waals surface area contributed by atoms with Crippen LogP contribution in [-0.2, 0) is 18.6 Å². The van der Waals surface area contributed by atoms with Crippen LogP contribution >= 0.6 is 23.1 Å². The maximum absolute atomic E-state index is 12.7. The topological polar surface area (TPSA) is 84.2 Å². The molecule has 31 heavy (non-hydrogen) atoms. The molecular formula is C23H19N3O3S2. The van der Waals surface area contributed by atoms with Crippen molar-refractivity contribution in [2.75, 3.05) is 0 Å². The number of oxazole rings is 1. The minimum absolute atomic E-state index is 0.286. The SMILES string of the molecule is O=C(NNC(=O)c1ccccc1CSc1nc2ccccc2o1)c1cc2c(s1)CCC2. The van der Waals surface area contributed by atoms with Gasteiger partial charge >= 0.3 is 0 Å². The number of thioether (sulfide) groups is 1. The number of aryl methyl sites for hydroxylation is 2. The monoisotopic (exact) mass is 449 g/mol. The number of carbonyl (C=O) groups excluding carboxylic acids is 2. The Bertz CT molecular complexity index is 1220. The van der Waals surface area contributed by atoms with Crippen molar-refractivity contribution in [3.05, 3.63) is 81.0 Å². The van der Waals surface area contributed by atoms with Crippen LogP contribution in [0.2, 0.25) is 0 Å². The summed E-state index contributed by atoms with van der Waals surface area (Å²) in [4.78, 5) is 31.5. The van der Waals surface area contributed by atoms with Gasteiger partial charge in [0.2, 0.25) is 0 Å². The van der Waals surface area contributed by atoms with Crippen LogP contribution in [0.1, 0.15) is 42.5 Å². The lowest BCUT2D eigenvalue weighted by Crippen LogP contribution is -2.41. The highest BCUT2D eigenvalue weighted by Crippen LogP contribution is 2.30. The van der Waals surface area contributed by atoms with E-state index in [1.165, 1.54) is 33.5 Å². The predicted octanol–water partition coefficient (Wildman–Crippen LogP) is 4.75. The van der Waals surface area contributed by atoms with Crippen LogP contribution in [0.25, 0.3) is 11.1 Å². The highest BCUT2D eigenvalue weighted by Gasteiger charge is 2.19. The van der Waals surface area contributed by atoms with Crippen molar-refractivity contribution in [2.24, 2.45) is 0 Å². The number of hydrogen-bond donors (Lipinski definition) is 2. The summed E-state index contributed by atoms with van der Waals surface area (Å²) < 4.78 is 5.74. The summed E-state index contributed by atoms with van der Waals surface area (Å²) in [6.07, 6.45) is 3.21. The van der Waals surface area contributed by atoms with Gasteiger partial charge in [0.15, 0.2) is 5.58 Å². The number of nitrogens with one attached hydrogen (secondary N) is 2. The number of hydrogen-bond acceptors (Lipinski definition) is 6. The third-order valence-electron chi connectivity index (χ3n) is 5.15. The van der Waals surface area contributed by atoms with Crippen molar-refractivity contribution in [3.8, 4) is 0 Å². The van der Waals surface area contributed by atoms with Gasteiger partial charge < -0.3 is 4.42 Å². The highest BCUT2D eigenvalue weighted by atomic mass is 32.2. The summed E-state index contributed by atoms with van der Waals surface area (Å²) in [6, 6.07) is 16.8. The van der Waals surface area contributed by atoms with Crippen LogP contribution in [0.4, 0.5) is 0 Å². The van der Waals surface area contributed by atoms with Gasteiger partial charge in [0.25, 0.3) is 17.0 Å². The van der Waals surface area contributed by atoms with Crippen molar-refractivity contribution >= 4 is 46.0 Å². The normalized spacial score (nSPS) is 12.6. The van der Waals surface area contributed by atoms with E-state index >= 15 is 0 Å². The fourth-order valence-electron chi connectivity index (χ4n) is 3.60. The van der Waals surface area contributed by atoms with Crippen LogP contribution in [0, 0.1) is 0 Å². The van der Waals surface area contributed by atoms with Crippen LogP contribution in [0.15, 0.2) is 64.2 Å². The lowest BCUT2D eigenvalue weighted by atomic mass is 10.1. The Morgan fingerprint density at radius 2 is 1.84 bits per heavy atom. The van der Waals surface area contributed by atoms with Crippen molar-refractivity contribution in [1.29, 1.82) is 0 Å². The quantitative estimate of drug-likeness (QED) is 0.339. The van der Waals surface area contributed by atoms with Crippen molar-refractivity contribution < 1.29 is 14.0 Å². The van der Waals surface area contributed by atoms with E-state index in [2.05, 4.69) is 15.8 Å². The molecule has 0 atom stereocenters. The maximum atomic E-state index is 12.7. The van der Waals surface area contributed by atoms with Crippen LogP contribution in [0.5, 0.6) is 0 Å².